The zero-order valence-corrected chi connectivity index (χ0v) is 18.8. The standard InChI is InChI=1S/C26H24N3O2P/c1-3-13-27-15-19(17-9-5-7-11-21(17)27)23-24(26(31)28(14-4-2)25(23)30)20-16-29(32)22-12-8-6-10-18(20)22/h3-12,15-16,25,30H,1-2,13-14,32H2. The number of carbonyl (C=O) groups excluding carboxylic acids is 1. The number of aliphatic hydroxyl groups is 1. The minimum Gasteiger partial charge on any atom is -0.369 e. The highest BCUT2D eigenvalue weighted by atomic mass is 31.0. The number of fused-ring (bicyclic) bond motifs is 2. The van der Waals surface area contributed by atoms with Crippen LogP contribution in [0.3, 0.4) is 0 Å². The van der Waals surface area contributed by atoms with E-state index in [4.69, 9.17) is 0 Å². The first kappa shape index (κ1) is 20.5. The first-order chi connectivity index (χ1) is 15.6. The number of carbonyl (C=O) groups is 1. The van der Waals surface area contributed by atoms with Gasteiger partial charge in [-0.25, -0.2) is 0 Å². The molecule has 6 heteroatoms. The van der Waals surface area contributed by atoms with E-state index in [1.54, 1.807) is 6.08 Å². The fourth-order valence-corrected chi connectivity index (χ4v) is 5.04. The van der Waals surface area contributed by atoms with Gasteiger partial charge in [-0.2, -0.15) is 0 Å². The van der Waals surface area contributed by atoms with Gasteiger partial charge >= 0.3 is 0 Å². The van der Waals surface area contributed by atoms with Gasteiger partial charge in [-0.3, -0.25) is 4.79 Å². The molecule has 1 aliphatic rings. The number of rotatable bonds is 6. The Kier molecular flexibility index (Phi) is 5.09. The summed E-state index contributed by atoms with van der Waals surface area (Å²) < 4.78 is 4.03. The molecule has 1 aliphatic heterocycles. The molecular weight excluding hydrogens is 417 g/mol. The molecule has 32 heavy (non-hydrogen) atoms. The van der Waals surface area contributed by atoms with Gasteiger partial charge in [-0.1, -0.05) is 48.6 Å². The molecule has 0 fully saturated rings. The Morgan fingerprint density at radius 1 is 0.906 bits per heavy atom. The van der Waals surface area contributed by atoms with Crippen molar-refractivity contribution in [1.29, 1.82) is 0 Å². The van der Waals surface area contributed by atoms with Crippen molar-refractivity contribution in [2.45, 2.75) is 12.8 Å². The predicted octanol–water partition coefficient (Wildman–Crippen LogP) is 4.68. The molecule has 2 unspecified atom stereocenters. The number of hydrogen-bond acceptors (Lipinski definition) is 2. The van der Waals surface area contributed by atoms with Gasteiger partial charge in [0.2, 0.25) is 0 Å². The third-order valence-electron chi connectivity index (χ3n) is 6.04. The molecule has 0 saturated heterocycles. The van der Waals surface area contributed by atoms with Gasteiger partial charge in [-0.05, 0) is 21.5 Å². The SMILES string of the molecule is C=CCN1C(=O)C(c2cn(P)c3ccccc23)=C(c2cn(CC=C)c3ccccc23)C1O. The third kappa shape index (κ3) is 2.97. The summed E-state index contributed by atoms with van der Waals surface area (Å²) in [6, 6.07) is 16.0. The Hall–Kier alpha value is -3.40. The van der Waals surface area contributed by atoms with Crippen LogP contribution in [-0.2, 0) is 11.3 Å². The molecule has 0 radical (unpaired) electrons. The quantitative estimate of drug-likeness (QED) is 0.349. The Bertz CT molecular complexity index is 1430. The van der Waals surface area contributed by atoms with Gasteiger partial charge in [0.05, 0.1) is 11.1 Å². The van der Waals surface area contributed by atoms with Gasteiger partial charge in [0.25, 0.3) is 5.91 Å². The third-order valence-corrected chi connectivity index (χ3v) is 6.46. The van der Waals surface area contributed by atoms with Crippen molar-refractivity contribution >= 4 is 48.2 Å². The molecule has 2 atom stereocenters. The van der Waals surface area contributed by atoms with E-state index in [1.807, 2.05) is 71.3 Å². The molecule has 0 saturated carbocycles. The van der Waals surface area contributed by atoms with Crippen molar-refractivity contribution in [1.82, 2.24) is 13.8 Å². The monoisotopic (exact) mass is 441 g/mol. The molecule has 1 N–H and O–H groups in total. The predicted molar refractivity (Wildman–Crippen MR) is 134 cm³/mol. The van der Waals surface area contributed by atoms with Crippen molar-refractivity contribution in [2.75, 3.05) is 6.54 Å². The summed E-state index contributed by atoms with van der Waals surface area (Å²) in [5.41, 5.74) is 4.84. The highest BCUT2D eigenvalue weighted by Gasteiger charge is 2.40. The molecule has 1 amide bonds. The van der Waals surface area contributed by atoms with Crippen LogP contribution in [0.15, 0.2) is 86.2 Å². The lowest BCUT2D eigenvalue weighted by Gasteiger charge is -2.20. The zero-order valence-electron chi connectivity index (χ0n) is 17.6. The molecular formula is C26H24N3O2P. The molecule has 2 aromatic carbocycles. The van der Waals surface area contributed by atoms with E-state index in [9.17, 15) is 9.90 Å². The maximum Gasteiger partial charge on any atom is 0.257 e. The van der Waals surface area contributed by atoms with Crippen LogP contribution < -0.4 is 0 Å². The average Bonchev–Trinajstić information content (AvgIpc) is 3.40. The number of hydrogen-bond donors (Lipinski definition) is 1. The Morgan fingerprint density at radius 2 is 1.53 bits per heavy atom. The summed E-state index contributed by atoms with van der Waals surface area (Å²) in [4.78, 5) is 15.1. The van der Waals surface area contributed by atoms with Crippen LogP contribution in [0.2, 0.25) is 0 Å². The van der Waals surface area contributed by atoms with E-state index >= 15 is 0 Å². The highest BCUT2D eigenvalue weighted by Crippen LogP contribution is 2.43. The molecule has 2 aromatic heterocycles. The van der Waals surface area contributed by atoms with Crippen molar-refractivity contribution in [3.8, 4) is 0 Å². The van der Waals surface area contributed by atoms with Crippen molar-refractivity contribution in [3.05, 3.63) is 97.4 Å². The lowest BCUT2D eigenvalue weighted by Crippen LogP contribution is -2.35. The fourth-order valence-electron chi connectivity index (χ4n) is 4.67. The summed E-state index contributed by atoms with van der Waals surface area (Å²) >= 11 is 0. The van der Waals surface area contributed by atoms with Crippen LogP contribution in [-0.4, -0.2) is 37.6 Å². The van der Waals surface area contributed by atoms with E-state index in [0.29, 0.717) is 17.7 Å². The van der Waals surface area contributed by atoms with E-state index in [1.165, 1.54) is 4.90 Å². The number of amides is 1. The second-order valence-electron chi connectivity index (χ2n) is 7.88. The number of nitrogens with zero attached hydrogens (tertiary/aromatic N) is 3. The van der Waals surface area contributed by atoms with Crippen molar-refractivity contribution in [3.63, 3.8) is 0 Å². The molecule has 160 valence electrons. The summed E-state index contributed by atoms with van der Waals surface area (Å²) in [6.07, 6.45) is 6.37. The smallest absolute Gasteiger partial charge is 0.257 e. The van der Waals surface area contributed by atoms with Crippen molar-refractivity contribution in [2.24, 2.45) is 0 Å². The zero-order chi connectivity index (χ0) is 22.4. The molecule has 3 heterocycles. The van der Waals surface area contributed by atoms with Crippen molar-refractivity contribution < 1.29 is 9.90 Å². The minimum absolute atomic E-state index is 0.200. The maximum atomic E-state index is 13.6. The van der Waals surface area contributed by atoms with E-state index in [0.717, 1.165) is 32.9 Å². The van der Waals surface area contributed by atoms with Crippen LogP contribution in [0.4, 0.5) is 0 Å². The minimum atomic E-state index is -1.06. The van der Waals surface area contributed by atoms with E-state index in [2.05, 4.69) is 27.1 Å². The van der Waals surface area contributed by atoms with Gasteiger partial charge in [0.15, 0.2) is 6.23 Å². The Morgan fingerprint density at radius 3 is 2.22 bits per heavy atom. The van der Waals surface area contributed by atoms with Crippen LogP contribution >= 0.6 is 9.39 Å². The number of benzene rings is 2. The van der Waals surface area contributed by atoms with Crippen LogP contribution in [0.25, 0.3) is 33.0 Å². The van der Waals surface area contributed by atoms with Gasteiger partial charge < -0.3 is 18.9 Å². The van der Waals surface area contributed by atoms with Crippen LogP contribution in [0, 0.1) is 0 Å². The maximum absolute atomic E-state index is 13.6. The number of allylic oxidation sites excluding steroid dienone is 1. The lowest BCUT2D eigenvalue weighted by atomic mass is 9.95. The van der Waals surface area contributed by atoms with Gasteiger partial charge in [0.1, 0.15) is 0 Å². The molecule has 4 aromatic rings. The Labute approximate surface area is 188 Å². The summed E-state index contributed by atoms with van der Waals surface area (Å²) in [5.74, 6) is -0.200. The summed E-state index contributed by atoms with van der Waals surface area (Å²) in [7, 11) is 2.68. The second kappa shape index (κ2) is 7.94. The largest absolute Gasteiger partial charge is 0.369 e. The molecule has 5 rings (SSSR count). The lowest BCUT2D eigenvalue weighted by molar-refractivity contribution is -0.128. The Balaban J connectivity index is 1.85. The average molecular weight is 441 g/mol. The number of para-hydroxylation sites is 2. The van der Waals surface area contributed by atoms with E-state index < -0.39 is 6.23 Å². The van der Waals surface area contributed by atoms with Crippen LogP contribution in [0.5, 0.6) is 0 Å². The number of aromatic nitrogens is 2. The number of aliphatic hydroxyl groups excluding tert-OH is 1. The van der Waals surface area contributed by atoms with E-state index in [-0.39, 0.29) is 12.5 Å². The first-order valence-corrected chi connectivity index (χ1v) is 11.0. The highest BCUT2D eigenvalue weighted by molar-refractivity contribution is 7.14. The van der Waals surface area contributed by atoms with Gasteiger partial charge in [-0.15, -0.1) is 13.2 Å². The summed E-state index contributed by atoms with van der Waals surface area (Å²) in [5, 5.41) is 13.3. The molecule has 5 nitrogen and oxygen atoms in total. The second-order valence-corrected chi connectivity index (χ2v) is 8.43. The normalized spacial score (nSPS) is 16.5. The molecule has 0 spiro atoms. The molecule has 0 bridgehead atoms. The summed E-state index contributed by atoms with van der Waals surface area (Å²) in [6.45, 7) is 8.54. The topological polar surface area (TPSA) is 50.4 Å². The fraction of sp³-hybridized carbons (Fsp3) is 0.115. The van der Waals surface area contributed by atoms with Crippen LogP contribution in [0.1, 0.15) is 11.1 Å². The first-order valence-electron chi connectivity index (χ1n) is 10.5. The van der Waals surface area contributed by atoms with Gasteiger partial charge in [0, 0.05) is 58.5 Å². The molecule has 0 aliphatic carbocycles.